The van der Waals surface area contributed by atoms with E-state index in [2.05, 4.69) is 5.10 Å². The average molecular weight is 272 g/mol. The third-order valence-electron chi connectivity index (χ3n) is 3.73. The predicted octanol–water partition coefficient (Wildman–Crippen LogP) is 1.92. The molecule has 5 nitrogen and oxygen atoms in total. The Bertz CT molecular complexity index is 745. The van der Waals surface area contributed by atoms with Gasteiger partial charge in [-0.05, 0) is 42.9 Å². The van der Waals surface area contributed by atoms with E-state index in [4.69, 9.17) is 5.11 Å². The van der Waals surface area contributed by atoms with Crippen molar-refractivity contribution >= 4 is 16.7 Å². The number of benzene rings is 1. The van der Waals surface area contributed by atoms with Crippen LogP contribution in [0.1, 0.15) is 36.9 Å². The van der Waals surface area contributed by atoms with Crippen molar-refractivity contribution < 1.29 is 9.90 Å². The number of rotatable bonds is 4. The van der Waals surface area contributed by atoms with E-state index < -0.39 is 12.5 Å². The van der Waals surface area contributed by atoms with Gasteiger partial charge >= 0.3 is 5.97 Å². The average Bonchev–Trinajstić information content (AvgIpc) is 3.25. The summed E-state index contributed by atoms with van der Waals surface area (Å²) in [7, 11) is 0. The molecule has 1 N–H and O–H groups in total. The van der Waals surface area contributed by atoms with Crippen LogP contribution in [0.25, 0.3) is 10.8 Å². The summed E-state index contributed by atoms with van der Waals surface area (Å²) in [5.74, 6) is -0.443. The lowest BCUT2D eigenvalue weighted by atomic mass is 10.0. The second-order valence-electron chi connectivity index (χ2n) is 5.24. The molecule has 1 fully saturated rings. The lowest BCUT2D eigenvalue weighted by molar-refractivity contribution is -0.138. The normalized spacial score (nSPS) is 14.7. The summed E-state index contributed by atoms with van der Waals surface area (Å²) in [6, 6.07) is 5.84. The van der Waals surface area contributed by atoms with Crippen LogP contribution in [0.2, 0.25) is 0 Å². The maximum atomic E-state index is 12.3. The third kappa shape index (κ3) is 2.19. The van der Waals surface area contributed by atoms with E-state index in [-0.39, 0.29) is 5.56 Å². The molecular formula is C15H16N2O3. The highest BCUT2D eigenvalue weighted by Crippen LogP contribution is 2.40. The van der Waals surface area contributed by atoms with Crippen molar-refractivity contribution in [3.8, 4) is 0 Å². The minimum absolute atomic E-state index is 0.332. The van der Waals surface area contributed by atoms with Gasteiger partial charge in [0.25, 0.3) is 5.56 Å². The van der Waals surface area contributed by atoms with Gasteiger partial charge in [-0.3, -0.25) is 9.59 Å². The predicted molar refractivity (Wildman–Crippen MR) is 75.0 cm³/mol. The Kier molecular flexibility index (Phi) is 3.04. The Labute approximate surface area is 115 Å². The molecule has 1 aliphatic carbocycles. The first-order valence-electron chi connectivity index (χ1n) is 6.85. The summed E-state index contributed by atoms with van der Waals surface area (Å²) in [4.78, 5) is 23.1. The van der Waals surface area contributed by atoms with Crippen molar-refractivity contribution in [1.82, 2.24) is 9.78 Å². The van der Waals surface area contributed by atoms with E-state index in [0.717, 1.165) is 15.8 Å². The lowest BCUT2D eigenvalue weighted by Gasteiger charge is -2.09. The van der Waals surface area contributed by atoms with Crippen LogP contribution >= 0.6 is 0 Å². The van der Waals surface area contributed by atoms with Crippen molar-refractivity contribution in [3.05, 3.63) is 39.8 Å². The van der Waals surface area contributed by atoms with Gasteiger partial charge in [-0.25, -0.2) is 4.68 Å². The molecule has 0 saturated heterocycles. The molecule has 0 amide bonds. The number of nitrogens with zero attached hydrogens (tertiary/aromatic N) is 2. The first kappa shape index (κ1) is 12.8. The summed E-state index contributed by atoms with van der Waals surface area (Å²) in [5, 5.41) is 14.5. The molecule has 0 aliphatic heterocycles. The van der Waals surface area contributed by atoms with Crippen molar-refractivity contribution in [2.24, 2.45) is 0 Å². The second-order valence-corrected chi connectivity index (χ2v) is 5.24. The fraction of sp³-hybridized carbons (Fsp3) is 0.400. The molecule has 0 spiro atoms. The fourth-order valence-electron chi connectivity index (χ4n) is 2.54. The smallest absolute Gasteiger partial charge is 0.325 e. The summed E-state index contributed by atoms with van der Waals surface area (Å²) >= 11 is 0. The van der Waals surface area contributed by atoms with E-state index in [1.54, 1.807) is 0 Å². The molecule has 1 aromatic carbocycles. The van der Waals surface area contributed by atoms with E-state index in [1.807, 2.05) is 25.1 Å². The second kappa shape index (κ2) is 4.74. The van der Waals surface area contributed by atoms with E-state index >= 15 is 0 Å². The van der Waals surface area contributed by atoms with E-state index in [1.165, 1.54) is 18.4 Å². The Morgan fingerprint density at radius 3 is 2.75 bits per heavy atom. The first-order valence-corrected chi connectivity index (χ1v) is 6.85. The molecular weight excluding hydrogens is 256 g/mol. The quantitative estimate of drug-likeness (QED) is 0.923. The van der Waals surface area contributed by atoms with Gasteiger partial charge in [0.2, 0.25) is 0 Å². The number of hydrogen-bond acceptors (Lipinski definition) is 3. The van der Waals surface area contributed by atoms with Gasteiger partial charge in [-0.1, -0.05) is 13.0 Å². The molecule has 1 saturated carbocycles. The number of carbonyl (C=O) groups is 1. The van der Waals surface area contributed by atoms with Gasteiger partial charge < -0.3 is 5.11 Å². The minimum atomic E-state index is -1.06. The topological polar surface area (TPSA) is 72.2 Å². The Balaban J connectivity index is 2.22. The summed E-state index contributed by atoms with van der Waals surface area (Å²) in [6.45, 7) is 1.56. The van der Waals surface area contributed by atoms with Crippen molar-refractivity contribution in [1.29, 1.82) is 0 Å². The fourth-order valence-corrected chi connectivity index (χ4v) is 2.54. The molecule has 0 unspecified atom stereocenters. The first-order chi connectivity index (χ1) is 9.60. The summed E-state index contributed by atoms with van der Waals surface area (Å²) < 4.78 is 1.04. The number of aliphatic carboxylic acids is 1. The molecule has 0 bridgehead atoms. The molecule has 2 aromatic rings. The van der Waals surface area contributed by atoms with Crippen LogP contribution in [0.3, 0.4) is 0 Å². The third-order valence-corrected chi connectivity index (χ3v) is 3.73. The number of fused-ring (bicyclic) bond motifs is 1. The van der Waals surface area contributed by atoms with Gasteiger partial charge in [-0.15, -0.1) is 0 Å². The molecule has 104 valence electrons. The Hall–Kier alpha value is -2.17. The van der Waals surface area contributed by atoms with Crippen LogP contribution in [0, 0.1) is 0 Å². The van der Waals surface area contributed by atoms with Gasteiger partial charge in [-0.2, -0.15) is 5.10 Å². The van der Waals surface area contributed by atoms with Crippen molar-refractivity contribution in [2.45, 2.75) is 38.6 Å². The van der Waals surface area contributed by atoms with Crippen LogP contribution in [-0.2, 0) is 17.8 Å². The maximum absolute atomic E-state index is 12.3. The number of carboxylic acid groups (broad SMARTS) is 1. The molecule has 0 radical (unpaired) electrons. The van der Waals surface area contributed by atoms with Crippen molar-refractivity contribution in [3.63, 3.8) is 0 Å². The van der Waals surface area contributed by atoms with Gasteiger partial charge in [0, 0.05) is 5.39 Å². The largest absolute Gasteiger partial charge is 0.480 e. The summed E-state index contributed by atoms with van der Waals surface area (Å²) in [5.41, 5.74) is 1.70. The molecule has 5 heteroatoms. The van der Waals surface area contributed by atoms with Crippen LogP contribution in [0.15, 0.2) is 23.0 Å². The van der Waals surface area contributed by atoms with Gasteiger partial charge in [0.15, 0.2) is 0 Å². The molecule has 0 atom stereocenters. The zero-order valence-corrected chi connectivity index (χ0v) is 11.3. The molecule has 1 heterocycles. The van der Waals surface area contributed by atoms with E-state index in [9.17, 15) is 9.59 Å². The lowest BCUT2D eigenvalue weighted by Crippen LogP contribution is -2.28. The number of hydrogen-bond donors (Lipinski definition) is 1. The zero-order valence-electron chi connectivity index (χ0n) is 11.3. The van der Waals surface area contributed by atoms with Gasteiger partial charge in [0.1, 0.15) is 6.54 Å². The SMILES string of the molecule is CCc1nn(CC(=O)O)c(=O)c2ccc(C3CC3)cc12. The molecule has 1 aliphatic rings. The highest BCUT2D eigenvalue weighted by Gasteiger charge is 2.24. The zero-order chi connectivity index (χ0) is 14.3. The summed E-state index contributed by atoms with van der Waals surface area (Å²) in [6.07, 6.45) is 3.08. The highest BCUT2D eigenvalue weighted by molar-refractivity contribution is 5.84. The molecule has 3 rings (SSSR count). The van der Waals surface area contributed by atoms with Crippen LogP contribution in [-0.4, -0.2) is 20.9 Å². The number of aromatic nitrogens is 2. The van der Waals surface area contributed by atoms with Crippen LogP contribution < -0.4 is 5.56 Å². The maximum Gasteiger partial charge on any atom is 0.325 e. The molecule has 1 aromatic heterocycles. The monoisotopic (exact) mass is 272 g/mol. The standard InChI is InChI=1S/C15H16N2O3/c1-2-13-12-7-10(9-3-4-9)5-6-11(12)15(20)17(16-13)8-14(18)19/h5-7,9H,2-4,8H2,1H3,(H,18,19). The highest BCUT2D eigenvalue weighted by atomic mass is 16.4. The van der Waals surface area contributed by atoms with E-state index in [0.29, 0.717) is 17.7 Å². The van der Waals surface area contributed by atoms with Crippen LogP contribution in [0.4, 0.5) is 0 Å². The minimum Gasteiger partial charge on any atom is -0.480 e. The number of carboxylic acids is 1. The Morgan fingerprint density at radius 1 is 1.40 bits per heavy atom. The Morgan fingerprint density at radius 2 is 2.15 bits per heavy atom. The number of aryl methyl sites for hydroxylation is 1. The van der Waals surface area contributed by atoms with Gasteiger partial charge in [0.05, 0.1) is 11.1 Å². The van der Waals surface area contributed by atoms with Crippen molar-refractivity contribution in [2.75, 3.05) is 0 Å². The van der Waals surface area contributed by atoms with Crippen LogP contribution in [0.5, 0.6) is 0 Å². The molecule has 20 heavy (non-hydrogen) atoms.